The Balaban J connectivity index is 1.33. The molecule has 8 heteroatoms. The first kappa shape index (κ1) is 20.8. The van der Waals surface area contributed by atoms with Gasteiger partial charge in [-0.05, 0) is 57.6 Å². The van der Waals surface area contributed by atoms with E-state index in [1.807, 2.05) is 40.0 Å². The van der Waals surface area contributed by atoms with E-state index in [9.17, 15) is 9.90 Å². The van der Waals surface area contributed by atoms with Crippen molar-refractivity contribution in [3.8, 4) is 5.75 Å². The fourth-order valence-electron chi connectivity index (χ4n) is 4.72. The van der Waals surface area contributed by atoms with Crippen LogP contribution in [-0.2, 0) is 11.8 Å². The molecule has 2 N–H and O–H groups in total. The Morgan fingerprint density at radius 1 is 1.23 bits per heavy atom. The predicted molar refractivity (Wildman–Crippen MR) is 113 cm³/mol. The van der Waals surface area contributed by atoms with Gasteiger partial charge in [-0.25, -0.2) is 0 Å². The van der Waals surface area contributed by atoms with Gasteiger partial charge in [0.15, 0.2) is 0 Å². The molecule has 1 aliphatic carbocycles. The van der Waals surface area contributed by atoms with Crippen molar-refractivity contribution < 1.29 is 14.6 Å². The van der Waals surface area contributed by atoms with Crippen molar-refractivity contribution >= 4 is 11.6 Å². The molecule has 162 valence electrons. The van der Waals surface area contributed by atoms with Crippen LogP contribution in [0.5, 0.6) is 5.75 Å². The quantitative estimate of drug-likeness (QED) is 0.777. The van der Waals surface area contributed by atoms with Gasteiger partial charge in [-0.15, -0.1) is 0 Å². The number of ether oxygens (including phenoxy) is 1. The number of rotatable bonds is 5. The number of aromatic nitrogens is 3. The highest BCUT2D eigenvalue weighted by atomic mass is 16.5. The number of aliphatic hydroxyl groups is 1. The van der Waals surface area contributed by atoms with Crippen LogP contribution < -0.4 is 10.1 Å². The SMILES string of the molecule is Cc1ccc(O[C@@H]2C[C@@H]3CN(CC(=O)Nc4cnn(C)c4C)C[C@@H]3C[C@H]2O)c(C)n1. The summed E-state index contributed by atoms with van der Waals surface area (Å²) in [6.07, 6.45) is 2.43. The number of hydrogen-bond donors (Lipinski definition) is 2. The van der Waals surface area contributed by atoms with Gasteiger partial charge in [-0.1, -0.05) is 0 Å². The zero-order chi connectivity index (χ0) is 21.4. The number of carbonyl (C=O) groups is 1. The number of amides is 1. The van der Waals surface area contributed by atoms with E-state index >= 15 is 0 Å². The molecule has 4 rings (SSSR count). The van der Waals surface area contributed by atoms with Gasteiger partial charge in [0.25, 0.3) is 0 Å². The lowest BCUT2D eigenvalue weighted by atomic mass is 9.78. The van der Waals surface area contributed by atoms with Gasteiger partial charge in [0, 0.05) is 25.8 Å². The summed E-state index contributed by atoms with van der Waals surface area (Å²) in [7, 11) is 1.86. The summed E-state index contributed by atoms with van der Waals surface area (Å²) in [5.41, 5.74) is 3.49. The van der Waals surface area contributed by atoms with Gasteiger partial charge in [-0.3, -0.25) is 19.4 Å². The summed E-state index contributed by atoms with van der Waals surface area (Å²) in [6, 6.07) is 3.86. The van der Waals surface area contributed by atoms with Crippen molar-refractivity contribution in [2.75, 3.05) is 25.0 Å². The first-order valence-electron chi connectivity index (χ1n) is 10.6. The third-order valence-electron chi connectivity index (χ3n) is 6.49. The van der Waals surface area contributed by atoms with E-state index in [0.717, 1.165) is 48.0 Å². The molecule has 0 aromatic carbocycles. The molecule has 0 bridgehead atoms. The van der Waals surface area contributed by atoms with Crippen LogP contribution in [-0.4, -0.2) is 62.5 Å². The lowest BCUT2D eigenvalue weighted by molar-refractivity contribution is -0.117. The monoisotopic (exact) mass is 413 g/mol. The maximum atomic E-state index is 12.5. The minimum Gasteiger partial charge on any atom is -0.486 e. The average molecular weight is 414 g/mol. The lowest BCUT2D eigenvalue weighted by Gasteiger charge is -2.35. The normalized spacial score (nSPS) is 26.4. The first-order chi connectivity index (χ1) is 14.3. The Hall–Kier alpha value is -2.45. The number of aryl methyl sites for hydroxylation is 3. The van der Waals surface area contributed by atoms with Crippen LogP contribution in [0.15, 0.2) is 18.3 Å². The summed E-state index contributed by atoms with van der Waals surface area (Å²) in [5, 5.41) is 17.8. The van der Waals surface area contributed by atoms with Gasteiger partial charge in [0.1, 0.15) is 11.9 Å². The second-order valence-electron chi connectivity index (χ2n) is 8.76. The molecule has 0 radical (unpaired) electrons. The van der Waals surface area contributed by atoms with E-state index in [1.54, 1.807) is 10.9 Å². The number of anilines is 1. The highest BCUT2D eigenvalue weighted by Gasteiger charge is 2.43. The average Bonchev–Trinajstić information content (AvgIpc) is 3.20. The van der Waals surface area contributed by atoms with Gasteiger partial charge < -0.3 is 15.2 Å². The van der Waals surface area contributed by atoms with Gasteiger partial charge in [0.2, 0.25) is 5.91 Å². The molecule has 1 saturated heterocycles. The zero-order valence-electron chi connectivity index (χ0n) is 18.1. The summed E-state index contributed by atoms with van der Waals surface area (Å²) < 4.78 is 7.90. The fourth-order valence-corrected chi connectivity index (χ4v) is 4.72. The van der Waals surface area contributed by atoms with E-state index in [2.05, 4.69) is 20.3 Å². The summed E-state index contributed by atoms with van der Waals surface area (Å²) in [5.74, 6) is 1.53. The van der Waals surface area contributed by atoms with E-state index in [-0.39, 0.29) is 12.0 Å². The molecule has 0 spiro atoms. The molecule has 30 heavy (non-hydrogen) atoms. The fraction of sp³-hybridized carbons (Fsp3) is 0.591. The number of fused-ring (bicyclic) bond motifs is 1. The smallest absolute Gasteiger partial charge is 0.238 e. The Morgan fingerprint density at radius 3 is 2.63 bits per heavy atom. The number of nitrogens with zero attached hydrogens (tertiary/aromatic N) is 4. The Kier molecular flexibility index (Phi) is 5.79. The molecule has 2 aliphatic rings. The summed E-state index contributed by atoms with van der Waals surface area (Å²) in [6.45, 7) is 7.85. The topological polar surface area (TPSA) is 92.5 Å². The van der Waals surface area contributed by atoms with Crippen LogP contribution in [0.25, 0.3) is 0 Å². The van der Waals surface area contributed by atoms with Crippen LogP contribution in [0.2, 0.25) is 0 Å². The number of nitrogens with one attached hydrogen (secondary N) is 1. The molecular formula is C22H31N5O3. The van der Waals surface area contributed by atoms with Crippen molar-refractivity contribution in [1.29, 1.82) is 0 Å². The van der Waals surface area contributed by atoms with Crippen LogP contribution in [0.1, 0.15) is 29.9 Å². The van der Waals surface area contributed by atoms with E-state index in [0.29, 0.717) is 24.8 Å². The number of carbonyl (C=O) groups excluding carboxylic acids is 1. The van der Waals surface area contributed by atoms with Crippen molar-refractivity contribution in [2.45, 2.75) is 45.8 Å². The van der Waals surface area contributed by atoms with Crippen LogP contribution >= 0.6 is 0 Å². The third kappa shape index (κ3) is 4.34. The van der Waals surface area contributed by atoms with Crippen LogP contribution in [0, 0.1) is 32.6 Å². The molecule has 2 aromatic rings. The summed E-state index contributed by atoms with van der Waals surface area (Å²) >= 11 is 0. The van der Waals surface area contributed by atoms with Gasteiger partial charge >= 0.3 is 0 Å². The predicted octanol–water partition coefficient (Wildman–Crippen LogP) is 1.83. The van der Waals surface area contributed by atoms with Crippen molar-refractivity contribution in [2.24, 2.45) is 18.9 Å². The van der Waals surface area contributed by atoms with E-state index < -0.39 is 6.10 Å². The second-order valence-corrected chi connectivity index (χ2v) is 8.76. The van der Waals surface area contributed by atoms with E-state index in [4.69, 9.17) is 4.74 Å². The molecular weight excluding hydrogens is 382 g/mol. The van der Waals surface area contributed by atoms with Crippen LogP contribution in [0.3, 0.4) is 0 Å². The molecule has 2 aromatic heterocycles. The molecule has 1 amide bonds. The van der Waals surface area contributed by atoms with Crippen molar-refractivity contribution in [3.63, 3.8) is 0 Å². The van der Waals surface area contributed by atoms with Gasteiger partial charge in [-0.2, -0.15) is 5.10 Å². The maximum Gasteiger partial charge on any atom is 0.238 e. The minimum atomic E-state index is -0.501. The molecule has 4 atom stereocenters. The number of hydrogen-bond acceptors (Lipinski definition) is 6. The largest absolute Gasteiger partial charge is 0.486 e. The van der Waals surface area contributed by atoms with Crippen LogP contribution in [0.4, 0.5) is 5.69 Å². The maximum absolute atomic E-state index is 12.5. The number of likely N-dealkylation sites (tertiary alicyclic amines) is 1. The molecule has 0 unspecified atom stereocenters. The number of aliphatic hydroxyl groups excluding tert-OH is 1. The Morgan fingerprint density at radius 2 is 1.97 bits per heavy atom. The molecule has 1 aliphatic heterocycles. The van der Waals surface area contributed by atoms with Crippen molar-refractivity contribution in [1.82, 2.24) is 19.7 Å². The first-order valence-corrected chi connectivity index (χ1v) is 10.6. The second kappa shape index (κ2) is 8.35. The molecule has 3 heterocycles. The standard InChI is InChI=1S/C22H31N5O3/c1-13-5-6-20(14(2)24-13)30-21-8-17-11-27(10-16(17)7-19(21)28)12-22(29)25-18-9-23-26(4)15(18)3/h5-6,9,16-17,19,21,28H,7-8,10-12H2,1-4H3,(H,25,29)/t16-,17+,19+,21+/m0/s1. The van der Waals surface area contributed by atoms with Crippen molar-refractivity contribution in [3.05, 3.63) is 35.4 Å². The molecule has 2 fully saturated rings. The minimum absolute atomic E-state index is 0.0283. The Labute approximate surface area is 177 Å². The van der Waals surface area contributed by atoms with E-state index in [1.165, 1.54) is 0 Å². The van der Waals surface area contributed by atoms with Gasteiger partial charge in [0.05, 0.1) is 35.9 Å². The third-order valence-corrected chi connectivity index (χ3v) is 6.49. The lowest BCUT2D eigenvalue weighted by Crippen LogP contribution is -2.42. The highest BCUT2D eigenvalue weighted by Crippen LogP contribution is 2.38. The zero-order valence-corrected chi connectivity index (χ0v) is 18.1. The summed E-state index contributed by atoms with van der Waals surface area (Å²) in [4.78, 5) is 19.1. The Bertz CT molecular complexity index is 927. The molecule has 1 saturated carbocycles. The highest BCUT2D eigenvalue weighted by molar-refractivity contribution is 5.92. The molecule has 8 nitrogen and oxygen atoms in total. The number of pyridine rings is 1.